The van der Waals surface area contributed by atoms with Gasteiger partial charge in [-0.15, -0.1) is 0 Å². The van der Waals surface area contributed by atoms with E-state index in [2.05, 4.69) is 22.0 Å². The second-order valence-corrected chi connectivity index (χ2v) is 8.12. The summed E-state index contributed by atoms with van der Waals surface area (Å²) in [7, 11) is -3.69. The third kappa shape index (κ3) is 2.10. The summed E-state index contributed by atoms with van der Waals surface area (Å²) < 4.78 is 29.9. The van der Waals surface area contributed by atoms with Gasteiger partial charge < -0.3 is 0 Å². The van der Waals surface area contributed by atoms with E-state index >= 15 is 0 Å². The Morgan fingerprint density at radius 1 is 1.26 bits per heavy atom. The molecule has 3 fully saturated rings. The summed E-state index contributed by atoms with van der Waals surface area (Å²) in [6, 6.07) is 8.65. The minimum absolute atomic E-state index is 0.0713. The van der Waals surface area contributed by atoms with E-state index in [9.17, 15) is 8.42 Å². The fourth-order valence-corrected chi connectivity index (χ4v) is 4.42. The Kier molecular flexibility index (Phi) is 2.79. The highest BCUT2D eigenvalue weighted by atomic mass is 79.9. The molecule has 0 N–H and O–H groups in total. The average Bonchev–Trinajstić information content (AvgIpc) is 2.26. The van der Waals surface area contributed by atoms with Crippen LogP contribution >= 0.6 is 15.9 Å². The molecule has 4 rings (SSSR count). The van der Waals surface area contributed by atoms with Crippen LogP contribution in [0.1, 0.15) is 19.3 Å². The summed E-state index contributed by atoms with van der Waals surface area (Å²) in [5.74, 6) is 0. The molecule has 0 saturated heterocycles. The van der Waals surface area contributed by atoms with Crippen molar-refractivity contribution in [1.82, 2.24) is 0 Å². The fourth-order valence-electron chi connectivity index (χ4n) is 3.14. The normalized spacial score (nSPS) is 32.0. The molecule has 0 radical (unpaired) electrons. The first-order valence-corrected chi connectivity index (χ1v) is 8.15. The van der Waals surface area contributed by atoms with Gasteiger partial charge in [-0.05, 0) is 48.9 Å². The highest BCUT2D eigenvalue weighted by Gasteiger charge is 2.68. The Hall–Kier alpha value is -0.900. The highest BCUT2D eigenvalue weighted by Crippen LogP contribution is 2.73. The summed E-state index contributed by atoms with van der Waals surface area (Å²) in [5, 5.41) is 8.92. The van der Waals surface area contributed by atoms with Crippen molar-refractivity contribution in [3.8, 4) is 6.07 Å². The average molecular weight is 342 g/mol. The maximum atomic E-state index is 12.0. The van der Waals surface area contributed by atoms with Crippen LogP contribution in [0.5, 0.6) is 0 Å². The minimum Gasteiger partial charge on any atom is -0.266 e. The summed E-state index contributed by atoms with van der Waals surface area (Å²) in [5.41, 5.74) is -0.247. The van der Waals surface area contributed by atoms with Gasteiger partial charge in [0.05, 0.1) is 23.0 Å². The largest absolute Gasteiger partial charge is 0.296 e. The molecule has 0 aromatic heterocycles. The predicted molar refractivity (Wildman–Crippen MR) is 71.6 cm³/mol. The minimum atomic E-state index is -3.69. The van der Waals surface area contributed by atoms with Crippen molar-refractivity contribution in [1.29, 1.82) is 5.26 Å². The van der Waals surface area contributed by atoms with E-state index in [1.807, 2.05) is 0 Å². The Balaban J connectivity index is 1.65. The van der Waals surface area contributed by atoms with E-state index in [0.29, 0.717) is 0 Å². The maximum absolute atomic E-state index is 12.0. The molecule has 1 aromatic rings. The number of nitriles is 1. The van der Waals surface area contributed by atoms with Gasteiger partial charge in [0.15, 0.2) is 0 Å². The zero-order chi connectivity index (χ0) is 13.7. The molecule has 0 aliphatic heterocycles. The Morgan fingerprint density at radius 2 is 1.84 bits per heavy atom. The van der Waals surface area contributed by atoms with E-state index in [-0.39, 0.29) is 22.3 Å². The Labute approximate surface area is 120 Å². The molecule has 0 spiro atoms. The molecule has 0 atom stereocenters. The topological polar surface area (TPSA) is 67.2 Å². The first-order valence-electron chi connectivity index (χ1n) is 5.95. The van der Waals surface area contributed by atoms with Gasteiger partial charge in [0.1, 0.15) is 0 Å². The summed E-state index contributed by atoms with van der Waals surface area (Å²) in [6.45, 7) is 0.189. The molecule has 3 saturated carbocycles. The van der Waals surface area contributed by atoms with Crippen molar-refractivity contribution in [2.75, 3.05) is 6.61 Å². The van der Waals surface area contributed by atoms with Crippen LogP contribution in [-0.2, 0) is 14.3 Å². The van der Waals surface area contributed by atoms with Gasteiger partial charge in [-0.1, -0.05) is 15.9 Å². The molecular formula is C13H12BrNO3S. The van der Waals surface area contributed by atoms with Crippen molar-refractivity contribution in [2.45, 2.75) is 24.2 Å². The van der Waals surface area contributed by atoms with Crippen LogP contribution in [0, 0.1) is 22.2 Å². The SMILES string of the molecule is N#CC12CC(COS(=O)(=O)c3ccc(Br)cc3)(C1)C2. The van der Waals surface area contributed by atoms with Gasteiger partial charge >= 0.3 is 0 Å². The first-order chi connectivity index (χ1) is 8.89. The van der Waals surface area contributed by atoms with Gasteiger partial charge in [0, 0.05) is 4.47 Å². The number of nitrogens with zero attached hydrogens (tertiary/aromatic N) is 1. The van der Waals surface area contributed by atoms with Gasteiger partial charge in [-0.2, -0.15) is 13.7 Å². The van der Waals surface area contributed by atoms with E-state index in [4.69, 9.17) is 9.44 Å². The molecule has 0 amide bonds. The standard InChI is InChI=1S/C13H12BrNO3S/c14-10-1-3-11(4-2-10)19(16,17)18-9-13-5-12(6-13,7-13)8-15/h1-4H,5-7,9H2. The smallest absolute Gasteiger partial charge is 0.266 e. The fraction of sp³-hybridized carbons (Fsp3) is 0.462. The van der Waals surface area contributed by atoms with Gasteiger partial charge in [-0.25, -0.2) is 0 Å². The molecule has 100 valence electrons. The lowest BCUT2D eigenvalue weighted by atomic mass is 9.36. The van der Waals surface area contributed by atoms with Crippen LogP contribution in [0.15, 0.2) is 33.6 Å². The highest BCUT2D eigenvalue weighted by molar-refractivity contribution is 9.10. The van der Waals surface area contributed by atoms with Crippen LogP contribution in [0.2, 0.25) is 0 Å². The van der Waals surface area contributed by atoms with Crippen LogP contribution < -0.4 is 0 Å². The molecule has 0 unspecified atom stereocenters. The molecular weight excluding hydrogens is 330 g/mol. The lowest BCUT2D eigenvalue weighted by molar-refractivity contribution is -0.181. The van der Waals surface area contributed by atoms with Crippen molar-refractivity contribution < 1.29 is 12.6 Å². The van der Waals surface area contributed by atoms with Gasteiger partial charge in [0.2, 0.25) is 0 Å². The van der Waals surface area contributed by atoms with Gasteiger partial charge in [-0.3, -0.25) is 4.18 Å². The molecule has 4 nitrogen and oxygen atoms in total. The van der Waals surface area contributed by atoms with Crippen LogP contribution in [0.25, 0.3) is 0 Å². The van der Waals surface area contributed by atoms with E-state index in [1.165, 1.54) is 12.1 Å². The molecule has 19 heavy (non-hydrogen) atoms. The molecule has 1 aromatic carbocycles. The lowest BCUT2D eigenvalue weighted by Crippen LogP contribution is -2.63. The van der Waals surface area contributed by atoms with E-state index in [0.717, 1.165) is 23.7 Å². The monoisotopic (exact) mass is 341 g/mol. The van der Waals surface area contributed by atoms with E-state index in [1.54, 1.807) is 12.1 Å². The predicted octanol–water partition coefficient (Wildman–Crippen LogP) is 2.85. The van der Waals surface area contributed by atoms with Crippen molar-refractivity contribution in [3.63, 3.8) is 0 Å². The quantitative estimate of drug-likeness (QED) is 0.789. The number of rotatable bonds is 4. The zero-order valence-electron chi connectivity index (χ0n) is 10.1. The second-order valence-electron chi connectivity index (χ2n) is 5.59. The zero-order valence-corrected chi connectivity index (χ0v) is 12.5. The van der Waals surface area contributed by atoms with Gasteiger partial charge in [0.25, 0.3) is 10.1 Å². The molecule has 6 heteroatoms. The second kappa shape index (κ2) is 4.05. The number of hydrogen-bond donors (Lipinski definition) is 0. The summed E-state index contributed by atoms with van der Waals surface area (Å²) in [4.78, 5) is 0.164. The summed E-state index contributed by atoms with van der Waals surface area (Å²) in [6.07, 6.45) is 2.31. The molecule has 2 bridgehead atoms. The molecule has 3 aliphatic rings. The lowest BCUT2D eigenvalue weighted by Gasteiger charge is -2.66. The summed E-state index contributed by atoms with van der Waals surface area (Å²) >= 11 is 3.26. The molecule has 3 aliphatic carbocycles. The maximum Gasteiger partial charge on any atom is 0.296 e. The Bertz CT molecular complexity index is 640. The first kappa shape index (κ1) is 13.1. The van der Waals surface area contributed by atoms with Crippen LogP contribution in [0.4, 0.5) is 0 Å². The third-order valence-electron chi connectivity index (χ3n) is 4.00. The number of halogens is 1. The molecule has 0 heterocycles. The third-order valence-corrected chi connectivity index (χ3v) is 5.81. The Morgan fingerprint density at radius 3 is 2.37 bits per heavy atom. The van der Waals surface area contributed by atoms with Crippen LogP contribution in [-0.4, -0.2) is 15.0 Å². The van der Waals surface area contributed by atoms with Crippen LogP contribution in [0.3, 0.4) is 0 Å². The van der Waals surface area contributed by atoms with Crippen molar-refractivity contribution in [2.24, 2.45) is 10.8 Å². The van der Waals surface area contributed by atoms with Crippen molar-refractivity contribution in [3.05, 3.63) is 28.7 Å². The number of hydrogen-bond acceptors (Lipinski definition) is 4. The van der Waals surface area contributed by atoms with Crippen molar-refractivity contribution >= 4 is 26.0 Å². The van der Waals surface area contributed by atoms with E-state index < -0.39 is 10.1 Å². The number of benzene rings is 1.